The molecule has 2 N–H and O–H groups in total. The summed E-state index contributed by atoms with van der Waals surface area (Å²) in [6, 6.07) is 2.82. The van der Waals surface area contributed by atoms with Crippen molar-refractivity contribution in [2.75, 3.05) is 5.75 Å². The standard InChI is InChI=1S/C9H8N4O3S/c10-9-12-11-6(5-17-9)1-2-7-3-4-8(16-7)13(14)15/h1-4H,5H2,(H2,10,12). The summed E-state index contributed by atoms with van der Waals surface area (Å²) in [6.07, 6.45) is 3.29. The lowest BCUT2D eigenvalue weighted by molar-refractivity contribution is -0.402. The van der Waals surface area contributed by atoms with Crippen molar-refractivity contribution in [3.05, 3.63) is 34.1 Å². The molecule has 0 unspecified atom stereocenters. The maximum absolute atomic E-state index is 10.4. The predicted molar refractivity (Wildman–Crippen MR) is 65.9 cm³/mol. The van der Waals surface area contributed by atoms with E-state index in [0.29, 0.717) is 16.7 Å². The Hall–Kier alpha value is -2.09. The second kappa shape index (κ2) is 4.83. The third kappa shape index (κ3) is 2.94. The van der Waals surface area contributed by atoms with E-state index < -0.39 is 4.92 Å². The average Bonchev–Trinajstić information content (AvgIpc) is 2.77. The van der Waals surface area contributed by atoms with Crippen molar-refractivity contribution < 1.29 is 9.34 Å². The molecular formula is C9H8N4O3S. The van der Waals surface area contributed by atoms with E-state index in [9.17, 15) is 10.1 Å². The highest BCUT2D eigenvalue weighted by molar-refractivity contribution is 8.14. The highest BCUT2D eigenvalue weighted by Gasteiger charge is 2.10. The molecule has 8 heteroatoms. The molecule has 0 aromatic carbocycles. The number of allylic oxidation sites excluding steroid dienone is 1. The summed E-state index contributed by atoms with van der Waals surface area (Å²) in [5, 5.41) is 18.4. The van der Waals surface area contributed by atoms with Gasteiger partial charge >= 0.3 is 5.88 Å². The summed E-state index contributed by atoms with van der Waals surface area (Å²) in [6.45, 7) is 0. The van der Waals surface area contributed by atoms with Crippen molar-refractivity contribution in [1.29, 1.82) is 0 Å². The van der Waals surface area contributed by atoms with Crippen LogP contribution in [0.15, 0.2) is 32.8 Å². The summed E-state index contributed by atoms with van der Waals surface area (Å²) in [7, 11) is 0. The molecule has 0 bridgehead atoms. The number of nitrogens with two attached hydrogens (primary N) is 1. The molecule has 0 fully saturated rings. The van der Waals surface area contributed by atoms with Crippen LogP contribution in [-0.4, -0.2) is 21.6 Å². The zero-order chi connectivity index (χ0) is 12.3. The number of amidine groups is 1. The van der Waals surface area contributed by atoms with E-state index in [1.54, 1.807) is 12.2 Å². The Morgan fingerprint density at radius 2 is 2.29 bits per heavy atom. The second-order valence-electron chi connectivity index (χ2n) is 3.08. The summed E-state index contributed by atoms with van der Waals surface area (Å²) in [4.78, 5) is 9.80. The molecular weight excluding hydrogens is 244 g/mol. The first-order valence-corrected chi connectivity index (χ1v) is 5.59. The molecule has 0 atom stereocenters. The zero-order valence-electron chi connectivity index (χ0n) is 8.57. The van der Waals surface area contributed by atoms with Crippen LogP contribution in [0.4, 0.5) is 5.88 Å². The molecule has 0 spiro atoms. The van der Waals surface area contributed by atoms with E-state index in [2.05, 4.69) is 10.2 Å². The lowest BCUT2D eigenvalue weighted by Gasteiger charge is -2.03. The minimum absolute atomic E-state index is 0.285. The Morgan fingerprint density at radius 1 is 1.47 bits per heavy atom. The van der Waals surface area contributed by atoms with Crippen LogP contribution in [-0.2, 0) is 0 Å². The quantitative estimate of drug-likeness (QED) is 0.649. The van der Waals surface area contributed by atoms with Crippen LogP contribution in [0.5, 0.6) is 0 Å². The number of thioether (sulfide) groups is 1. The van der Waals surface area contributed by atoms with Crippen molar-refractivity contribution in [3.63, 3.8) is 0 Å². The fraction of sp³-hybridized carbons (Fsp3) is 0.111. The van der Waals surface area contributed by atoms with E-state index >= 15 is 0 Å². The molecule has 1 aromatic rings. The molecule has 0 saturated heterocycles. The number of rotatable bonds is 3. The van der Waals surface area contributed by atoms with E-state index in [1.165, 1.54) is 23.9 Å². The van der Waals surface area contributed by atoms with Crippen LogP contribution < -0.4 is 5.73 Å². The number of nitrogens with zero attached hydrogens (tertiary/aromatic N) is 3. The first-order valence-electron chi connectivity index (χ1n) is 4.60. The van der Waals surface area contributed by atoms with Gasteiger partial charge in [-0.3, -0.25) is 10.1 Å². The highest BCUT2D eigenvalue weighted by atomic mass is 32.2. The minimum Gasteiger partial charge on any atom is -0.401 e. The summed E-state index contributed by atoms with van der Waals surface area (Å²) < 4.78 is 4.95. The number of hydrogen-bond acceptors (Lipinski definition) is 7. The van der Waals surface area contributed by atoms with Crippen LogP contribution in [0.2, 0.25) is 0 Å². The van der Waals surface area contributed by atoms with E-state index in [1.807, 2.05) is 0 Å². The lowest BCUT2D eigenvalue weighted by Crippen LogP contribution is -2.13. The van der Waals surface area contributed by atoms with E-state index in [4.69, 9.17) is 10.2 Å². The maximum atomic E-state index is 10.4. The fourth-order valence-electron chi connectivity index (χ4n) is 1.11. The minimum atomic E-state index is -0.587. The van der Waals surface area contributed by atoms with Crippen LogP contribution >= 0.6 is 11.8 Å². The Balaban J connectivity index is 2.07. The van der Waals surface area contributed by atoms with Crippen molar-refractivity contribution >= 4 is 34.6 Å². The molecule has 2 heterocycles. The van der Waals surface area contributed by atoms with Gasteiger partial charge in [0.2, 0.25) is 0 Å². The van der Waals surface area contributed by atoms with Gasteiger partial charge < -0.3 is 10.2 Å². The highest BCUT2D eigenvalue weighted by Crippen LogP contribution is 2.17. The fourth-order valence-corrected chi connectivity index (χ4v) is 1.66. The van der Waals surface area contributed by atoms with Gasteiger partial charge in [0, 0.05) is 5.75 Å². The van der Waals surface area contributed by atoms with Crippen molar-refractivity contribution in [1.82, 2.24) is 0 Å². The van der Waals surface area contributed by atoms with Gasteiger partial charge in [-0.1, -0.05) is 11.8 Å². The SMILES string of the molecule is NC1=NN=C(C=Cc2ccc([N+](=O)[O-])o2)CS1. The van der Waals surface area contributed by atoms with Gasteiger partial charge in [0.1, 0.15) is 10.7 Å². The van der Waals surface area contributed by atoms with Crippen LogP contribution in [0.1, 0.15) is 5.76 Å². The zero-order valence-corrected chi connectivity index (χ0v) is 9.38. The third-order valence-electron chi connectivity index (χ3n) is 1.88. The largest absolute Gasteiger partial charge is 0.433 e. The summed E-state index contributed by atoms with van der Waals surface area (Å²) in [5.74, 6) is 0.730. The van der Waals surface area contributed by atoms with Gasteiger partial charge in [0.25, 0.3) is 0 Å². The Morgan fingerprint density at radius 3 is 2.88 bits per heavy atom. The molecule has 7 nitrogen and oxygen atoms in total. The second-order valence-corrected chi connectivity index (χ2v) is 4.08. The van der Waals surface area contributed by atoms with Crippen LogP contribution in [0.25, 0.3) is 6.08 Å². The first kappa shape index (κ1) is 11.4. The topological polar surface area (TPSA) is 107 Å². The third-order valence-corrected chi connectivity index (χ3v) is 2.69. The van der Waals surface area contributed by atoms with E-state index in [0.717, 1.165) is 5.71 Å². The van der Waals surface area contributed by atoms with E-state index in [-0.39, 0.29) is 5.88 Å². The smallest absolute Gasteiger partial charge is 0.401 e. The van der Waals surface area contributed by atoms with Crippen LogP contribution in [0, 0.1) is 10.1 Å². The molecule has 1 aromatic heterocycles. The first-order chi connectivity index (χ1) is 8.15. The molecule has 1 aliphatic heterocycles. The van der Waals surface area contributed by atoms with Gasteiger partial charge in [0.05, 0.1) is 11.8 Å². The maximum Gasteiger partial charge on any atom is 0.433 e. The molecule has 88 valence electrons. The Labute approximate surface area is 100 Å². The molecule has 0 radical (unpaired) electrons. The summed E-state index contributed by atoms with van der Waals surface area (Å²) >= 11 is 1.38. The Kier molecular flexibility index (Phi) is 3.24. The van der Waals surface area contributed by atoms with Crippen molar-refractivity contribution in [2.24, 2.45) is 15.9 Å². The predicted octanol–water partition coefficient (Wildman–Crippen LogP) is 1.62. The molecule has 0 aliphatic carbocycles. The van der Waals surface area contributed by atoms with Crippen molar-refractivity contribution in [2.45, 2.75) is 0 Å². The van der Waals surface area contributed by atoms with Gasteiger partial charge in [-0.15, -0.1) is 5.10 Å². The summed E-state index contributed by atoms with van der Waals surface area (Å²) in [5.41, 5.74) is 6.15. The number of hydrogen-bond donors (Lipinski definition) is 1. The lowest BCUT2D eigenvalue weighted by atomic mass is 10.3. The number of nitro groups is 1. The normalized spacial score (nSPS) is 15.8. The van der Waals surface area contributed by atoms with Crippen LogP contribution in [0.3, 0.4) is 0 Å². The van der Waals surface area contributed by atoms with Gasteiger partial charge in [-0.2, -0.15) is 5.10 Å². The van der Waals surface area contributed by atoms with Gasteiger partial charge in [-0.05, 0) is 18.2 Å². The molecule has 2 rings (SSSR count). The van der Waals surface area contributed by atoms with Crippen molar-refractivity contribution in [3.8, 4) is 0 Å². The Bertz CT molecular complexity index is 532. The average molecular weight is 252 g/mol. The van der Waals surface area contributed by atoms with Gasteiger partial charge in [0.15, 0.2) is 5.17 Å². The molecule has 17 heavy (non-hydrogen) atoms. The molecule has 0 saturated carbocycles. The number of furan rings is 1. The monoisotopic (exact) mass is 252 g/mol. The molecule has 1 aliphatic rings. The molecule has 0 amide bonds. The van der Waals surface area contributed by atoms with Gasteiger partial charge in [-0.25, -0.2) is 0 Å².